The molecule has 1 saturated heterocycles. The summed E-state index contributed by atoms with van der Waals surface area (Å²) >= 11 is 0. The number of nitrogens with zero attached hydrogens (tertiary/aromatic N) is 3. The van der Waals surface area contributed by atoms with E-state index in [0.717, 1.165) is 13.1 Å². The van der Waals surface area contributed by atoms with Gasteiger partial charge in [0.05, 0.1) is 18.1 Å². The Balaban J connectivity index is 2.11. The number of imidazole rings is 1. The molecule has 1 unspecified atom stereocenters. The van der Waals surface area contributed by atoms with Gasteiger partial charge in [0, 0.05) is 19.8 Å². The van der Waals surface area contributed by atoms with Gasteiger partial charge in [0.25, 0.3) is 0 Å². The summed E-state index contributed by atoms with van der Waals surface area (Å²) in [5.41, 5.74) is 7.71. The molecule has 1 aromatic heterocycles. The molecular weight excluding hydrogens is 224 g/mol. The van der Waals surface area contributed by atoms with Gasteiger partial charge in [0.15, 0.2) is 0 Å². The van der Waals surface area contributed by atoms with Crippen molar-refractivity contribution < 1.29 is 0 Å². The van der Waals surface area contributed by atoms with Crippen LogP contribution in [0.4, 0.5) is 0 Å². The second-order valence-electron chi connectivity index (χ2n) is 6.23. The summed E-state index contributed by atoms with van der Waals surface area (Å²) in [6.07, 6.45) is 7.64. The first-order valence-electron chi connectivity index (χ1n) is 6.94. The van der Waals surface area contributed by atoms with Crippen LogP contribution in [-0.2, 0) is 7.05 Å². The molecule has 18 heavy (non-hydrogen) atoms. The predicted molar refractivity (Wildman–Crippen MR) is 74.2 cm³/mol. The molecule has 1 aliphatic heterocycles. The topological polar surface area (TPSA) is 47.1 Å². The molecule has 2 N–H and O–H groups in total. The highest BCUT2D eigenvalue weighted by Crippen LogP contribution is 2.32. The lowest BCUT2D eigenvalue weighted by Crippen LogP contribution is -2.36. The van der Waals surface area contributed by atoms with Crippen LogP contribution in [0.15, 0.2) is 12.5 Å². The minimum absolute atomic E-state index is 0.311. The summed E-state index contributed by atoms with van der Waals surface area (Å²) in [5, 5.41) is 0. The molecule has 102 valence electrons. The van der Waals surface area contributed by atoms with Crippen LogP contribution in [-0.4, -0.2) is 34.1 Å². The zero-order chi connectivity index (χ0) is 13.2. The van der Waals surface area contributed by atoms with Gasteiger partial charge in [0.1, 0.15) is 0 Å². The fourth-order valence-electron chi connectivity index (χ4n) is 2.90. The van der Waals surface area contributed by atoms with Gasteiger partial charge in [-0.1, -0.05) is 13.8 Å². The fraction of sp³-hybridized carbons (Fsp3) is 0.786. The molecule has 0 amide bonds. The molecule has 0 aliphatic carbocycles. The maximum atomic E-state index is 6.00. The van der Waals surface area contributed by atoms with Crippen molar-refractivity contribution in [2.75, 3.05) is 19.6 Å². The van der Waals surface area contributed by atoms with Gasteiger partial charge in [-0.15, -0.1) is 0 Å². The van der Waals surface area contributed by atoms with E-state index in [1.54, 1.807) is 0 Å². The zero-order valence-corrected chi connectivity index (χ0v) is 11.9. The highest BCUT2D eigenvalue weighted by atomic mass is 15.2. The Morgan fingerprint density at radius 1 is 1.39 bits per heavy atom. The molecular formula is C14H26N4. The molecule has 0 saturated carbocycles. The molecule has 0 spiro atoms. The van der Waals surface area contributed by atoms with Crippen molar-refractivity contribution in [3.8, 4) is 0 Å². The fourth-order valence-corrected chi connectivity index (χ4v) is 2.90. The van der Waals surface area contributed by atoms with Crippen molar-refractivity contribution in [2.45, 2.75) is 39.2 Å². The van der Waals surface area contributed by atoms with E-state index in [-0.39, 0.29) is 0 Å². The van der Waals surface area contributed by atoms with Crippen LogP contribution in [0, 0.1) is 5.41 Å². The average molecular weight is 250 g/mol. The van der Waals surface area contributed by atoms with E-state index in [0.29, 0.717) is 18.0 Å². The maximum Gasteiger partial charge on any atom is 0.0946 e. The third-order valence-electron chi connectivity index (χ3n) is 4.23. The standard InChI is InChI=1S/C14H26N4/c1-14(2)5-4-7-18(8-6-14)12(9-15)13-10-16-11-17(13)3/h10-12H,4-9,15H2,1-3H3. The Morgan fingerprint density at radius 3 is 2.78 bits per heavy atom. The van der Waals surface area contributed by atoms with E-state index in [1.807, 2.05) is 19.6 Å². The van der Waals surface area contributed by atoms with E-state index in [4.69, 9.17) is 5.73 Å². The van der Waals surface area contributed by atoms with Crippen LogP contribution in [0.5, 0.6) is 0 Å². The first kappa shape index (κ1) is 13.6. The summed E-state index contributed by atoms with van der Waals surface area (Å²) in [6, 6.07) is 0.311. The summed E-state index contributed by atoms with van der Waals surface area (Å²) in [4.78, 5) is 6.75. The number of aryl methyl sites for hydroxylation is 1. The van der Waals surface area contributed by atoms with E-state index in [2.05, 4.69) is 28.3 Å². The number of aromatic nitrogens is 2. The van der Waals surface area contributed by atoms with Gasteiger partial charge in [0.2, 0.25) is 0 Å². The Kier molecular flexibility index (Phi) is 4.07. The number of likely N-dealkylation sites (tertiary alicyclic amines) is 1. The Bertz CT molecular complexity index is 383. The van der Waals surface area contributed by atoms with E-state index < -0.39 is 0 Å². The molecule has 4 nitrogen and oxygen atoms in total. The highest BCUT2D eigenvalue weighted by molar-refractivity contribution is 5.06. The highest BCUT2D eigenvalue weighted by Gasteiger charge is 2.28. The van der Waals surface area contributed by atoms with Crippen LogP contribution in [0.3, 0.4) is 0 Å². The molecule has 4 heteroatoms. The van der Waals surface area contributed by atoms with Crippen LogP contribution in [0.25, 0.3) is 0 Å². The lowest BCUT2D eigenvalue weighted by Gasteiger charge is -2.30. The first-order chi connectivity index (χ1) is 8.53. The minimum atomic E-state index is 0.311. The molecule has 0 radical (unpaired) electrons. The van der Waals surface area contributed by atoms with Gasteiger partial charge >= 0.3 is 0 Å². The van der Waals surface area contributed by atoms with Gasteiger partial charge in [-0.2, -0.15) is 0 Å². The number of nitrogens with two attached hydrogens (primary N) is 1. The van der Waals surface area contributed by atoms with Crippen LogP contribution in [0.1, 0.15) is 44.8 Å². The lowest BCUT2D eigenvalue weighted by atomic mass is 9.85. The van der Waals surface area contributed by atoms with Crippen molar-refractivity contribution in [3.05, 3.63) is 18.2 Å². The zero-order valence-electron chi connectivity index (χ0n) is 11.9. The molecule has 1 aliphatic rings. The van der Waals surface area contributed by atoms with Crippen LogP contribution < -0.4 is 5.73 Å². The third-order valence-corrected chi connectivity index (χ3v) is 4.23. The van der Waals surface area contributed by atoms with Gasteiger partial charge in [-0.25, -0.2) is 4.98 Å². The summed E-state index contributed by atoms with van der Waals surface area (Å²) in [7, 11) is 2.05. The van der Waals surface area contributed by atoms with Crippen molar-refractivity contribution >= 4 is 0 Å². The van der Waals surface area contributed by atoms with Crippen LogP contribution in [0.2, 0.25) is 0 Å². The molecule has 0 aromatic carbocycles. The summed E-state index contributed by atoms with van der Waals surface area (Å²) in [6.45, 7) is 7.70. The van der Waals surface area contributed by atoms with Crippen molar-refractivity contribution in [3.63, 3.8) is 0 Å². The first-order valence-corrected chi connectivity index (χ1v) is 6.94. The molecule has 2 heterocycles. The summed E-state index contributed by atoms with van der Waals surface area (Å²) in [5.74, 6) is 0. The van der Waals surface area contributed by atoms with E-state index in [9.17, 15) is 0 Å². The number of hydrogen-bond acceptors (Lipinski definition) is 3. The molecule has 2 rings (SSSR count). The number of rotatable bonds is 3. The minimum Gasteiger partial charge on any atom is -0.336 e. The van der Waals surface area contributed by atoms with Gasteiger partial charge < -0.3 is 10.3 Å². The quantitative estimate of drug-likeness (QED) is 0.891. The van der Waals surface area contributed by atoms with E-state index >= 15 is 0 Å². The Labute approximate surface area is 110 Å². The average Bonchev–Trinajstić information content (AvgIpc) is 2.64. The maximum absolute atomic E-state index is 6.00. The van der Waals surface area contributed by atoms with Crippen LogP contribution >= 0.6 is 0 Å². The third kappa shape index (κ3) is 2.93. The normalized spacial score (nSPS) is 22.7. The lowest BCUT2D eigenvalue weighted by molar-refractivity contribution is 0.194. The SMILES string of the molecule is Cn1cncc1C(CN)N1CCCC(C)(C)CC1. The monoisotopic (exact) mass is 250 g/mol. The Hall–Kier alpha value is -0.870. The molecule has 0 bridgehead atoms. The van der Waals surface area contributed by atoms with Gasteiger partial charge in [-0.3, -0.25) is 4.90 Å². The smallest absolute Gasteiger partial charge is 0.0946 e. The predicted octanol–water partition coefficient (Wildman–Crippen LogP) is 1.93. The number of hydrogen-bond donors (Lipinski definition) is 1. The molecule has 1 atom stereocenters. The van der Waals surface area contributed by atoms with Crippen molar-refractivity contribution in [1.82, 2.24) is 14.5 Å². The second kappa shape index (κ2) is 5.41. The van der Waals surface area contributed by atoms with E-state index in [1.165, 1.54) is 25.0 Å². The van der Waals surface area contributed by atoms with Gasteiger partial charge in [-0.05, 0) is 37.8 Å². The molecule has 1 aromatic rings. The Morgan fingerprint density at radius 2 is 2.17 bits per heavy atom. The van der Waals surface area contributed by atoms with Crippen molar-refractivity contribution in [1.29, 1.82) is 0 Å². The largest absolute Gasteiger partial charge is 0.336 e. The molecule has 1 fully saturated rings. The van der Waals surface area contributed by atoms with Crippen molar-refractivity contribution in [2.24, 2.45) is 18.2 Å². The summed E-state index contributed by atoms with van der Waals surface area (Å²) < 4.78 is 2.09. The second-order valence-corrected chi connectivity index (χ2v) is 6.23.